The molecule has 0 radical (unpaired) electrons. The van der Waals surface area contributed by atoms with E-state index >= 15 is 0 Å². The number of carboxylic acid groups (broad SMARTS) is 1. The van der Waals surface area contributed by atoms with Crippen molar-refractivity contribution in [3.8, 4) is 0 Å². The summed E-state index contributed by atoms with van der Waals surface area (Å²) >= 11 is 0. The fraction of sp³-hybridized carbons (Fsp3) is 0.556. The highest BCUT2D eigenvalue weighted by atomic mass is 16.4. The lowest BCUT2D eigenvalue weighted by Gasteiger charge is -2.15. The van der Waals surface area contributed by atoms with Gasteiger partial charge in [-0.2, -0.15) is 0 Å². The summed E-state index contributed by atoms with van der Waals surface area (Å²) in [7, 11) is 0. The average molecular weight is 182 g/mol. The van der Waals surface area contributed by atoms with E-state index in [9.17, 15) is 4.79 Å². The smallest absolute Gasteiger partial charge is 0.326 e. The summed E-state index contributed by atoms with van der Waals surface area (Å²) in [5.74, 6) is -0.435. The third-order valence-corrected chi connectivity index (χ3v) is 1.86. The zero-order chi connectivity index (χ0) is 9.84. The Morgan fingerprint density at radius 1 is 1.62 bits per heavy atom. The van der Waals surface area contributed by atoms with Crippen LogP contribution in [-0.2, 0) is 4.79 Å². The predicted molar refractivity (Wildman–Crippen MR) is 48.4 cm³/mol. The van der Waals surface area contributed by atoms with E-state index in [2.05, 4.69) is 4.98 Å². The first-order valence-corrected chi connectivity index (χ1v) is 4.31. The van der Waals surface area contributed by atoms with Gasteiger partial charge in [0.15, 0.2) is 0 Å². The maximum atomic E-state index is 10.9. The van der Waals surface area contributed by atoms with Crippen molar-refractivity contribution in [1.29, 1.82) is 0 Å². The molecule has 0 spiro atoms. The molecule has 0 amide bonds. The number of aromatic nitrogens is 2. The molecule has 1 rings (SSSR count). The lowest BCUT2D eigenvalue weighted by atomic mass is 10.0. The number of carboxylic acids is 1. The van der Waals surface area contributed by atoms with Crippen molar-refractivity contribution < 1.29 is 9.90 Å². The van der Waals surface area contributed by atoms with Gasteiger partial charge >= 0.3 is 5.97 Å². The molecular formula is C9H14N2O2. The maximum Gasteiger partial charge on any atom is 0.326 e. The SMILES string of the molecule is CC(C)C[C@H](C(=O)O)n1ccnc1. The lowest BCUT2D eigenvalue weighted by Crippen LogP contribution is -2.19. The molecule has 4 heteroatoms. The van der Waals surface area contributed by atoms with Gasteiger partial charge in [0.2, 0.25) is 0 Å². The summed E-state index contributed by atoms with van der Waals surface area (Å²) in [5.41, 5.74) is 0. The van der Waals surface area contributed by atoms with Gasteiger partial charge in [-0.1, -0.05) is 13.8 Å². The summed E-state index contributed by atoms with van der Waals surface area (Å²) in [6, 6.07) is -0.484. The van der Waals surface area contributed by atoms with Crippen LogP contribution >= 0.6 is 0 Å². The molecule has 72 valence electrons. The molecule has 0 bridgehead atoms. The molecule has 0 aliphatic rings. The zero-order valence-corrected chi connectivity index (χ0v) is 7.84. The first kappa shape index (κ1) is 9.77. The van der Waals surface area contributed by atoms with Crippen LogP contribution in [0.5, 0.6) is 0 Å². The number of nitrogens with zero attached hydrogens (tertiary/aromatic N) is 2. The first-order chi connectivity index (χ1) is 6.11. The van der Waals surface area contributed by atoms with Crippen molar-refractivity contribution >= 4 is 5.97 Å². The summed E-state index contributed by atoms with van der Waals surface area (Å²) in [4.78, 5) is 14.7. The molecule has 0 aliphatic carbocycles. The third-order valence-electron chi connectivity index (χ3n) is 1.86. The van der Waals surface area contributed by atoms with Crippen molar-refractivity contribution in [2.75, 3.05) is 0 Å². The molecule has 1 atom stereocenters. The van der Waals surface area contributed by atoms with Crippen LogP contribution < -0.4 is 0 Å². The molecule has 1 N–H and O–H groups in total. The third kappa shape index (κ3) is 2.57. The van der Waals surface area contributed by atoms with Crippen LogP contribution in [-0.4, -0.2) is 20.6 Å². The zero-order valence-electron chi connectivity index (χ0n) is 7.84. The maximum absolute atomic E-state index is 10.9. The number of hydrogen-bond donors (Lipinski definition) is 1. The minimum atomic E-state index is -0.799. The van der Waals surface area contributed by atoms with E-state index in [0.717, 1.165) is 0 Å². The van der Waals surface area contributed by atoms with Crippen LogP contribution in [0.2, 0.25) is 0 Å². The summed E-state index contributed by atoms with van der Waals surface area (Å²) in [5, 5.41) is 8.95. The van der Waals surface area contributed by atoms with Crippen molar-refractivity contribution in [2.45, 2.75) is 26.3 Å². The minimum absolute atomic E-state index is 0.364. The molecule has 1 heterocycles. The molecule has 4 nitrogen and oxygen atoms in total. The molecule has 0 aliphatic heterocycles. The monoisotopic (exact) mass is 182 g/mol. The van der Waals surface area contributed by atoms with Gasteiger partial charge in [0.1, 0.15) is 6.04 Å². The van der Waals surface area contributed by atoms with E-state index in [4.69, 9.17) is 5.11 Å². The largest absolute Gasteiger partial charge is 0.480 e. The second-order valence-corrected chi connectivity index (χ2v) is 3.49. The Labute approximate surface area is 77.2 Å². The fourth-order valence-corrected chi connectivity index (χ4v) is 1.25. The van der Waals surface area contributed by atoms with Crippen LogP contribution in [0.4, 0.5) is 0 Å². The van der Waals surface area contributed by atoms with Gasteiger partial charge in [-0.25, -0.2) is 9.78 Å². The Kier molecular flexibility index (Phi) is 3.06. The predicted octanol–water partition coefficient (Wildman–Crippen LogP) is 1.55. The minimum Gasteiger partial charge on any atom is -0.480 e. The number of aliphatic carboxylic acids is 1. The molecule has 1 aromatic heterocycles. The normalized spacial score (nSPS) is 13.2. The Morgan fingerprint density at radius 2 is 2.31 bits per heavy atom. The molecule has 0 fully saturated rings. The number of carbonyl (C=O) groups is 1. The number of imidazole rings is 1. The van der Waals surface area contributed by atoms with E-state index in [0.29, 0.717) is 12.3 Å². The van der Waals surface area contributed by atoms with Crippen molar-refractivity contribution in [3.05, 3.63) is 18.7 Å². The first-order valence-electron chi connectivity index (χ1n) is 4.31. The molecular weight excluding hydrogens is 168 g/mol. The number of rotatable bonds is 4. The second kappa shape index (κ2) is 4.07. The van der Waals surface area contributed by atoms with Gasteiger partial charge in [0.05, 0.1) is 6.33 Å². The lowest BCUT2D eigenvalue weighted by molar-refractivity contribution is -0.141. The molecule has 0 unspecified atom stereocenters. The van der Waals surface area contributed by atoms with E-state index in [-0.39, 0.29) is 0 Å². The van der Waals surface area contributed by atoms with Crippen LogP contribution in [0, 0.1) is 5.92 Å². The summed E-state index contributed by atoms with van der Waals surface area (Å²) < 4.78 is 1.63. The Balaban J connectivity index is 2.75. The quantitative estimate of drug-likeness (QED) is 0.768. The highest BCUT2D eigenvalue weighted by Crippen LogP contribution is 2.16. The van der Waals surface area contributed by atoms with Gasteiger partial charge in [0.25, 0.3) is 0 Å². The van der Waals surface area contributed by atoms with Gasteiger partial charge < -0.3 is 9.67 Å². The highest BCUT2D eigenvalue weighted by Gasteiger charge is 2.19. The fourth-order valence-electron chi connectivity index (χ4n) is 1.25. The Morgan fingerprint density at radius 3 is 2.69 bits per heavy atom. The van der Waals surface area contributed by atoms with E-state index in [1.165, 1.54) is 0 Å². The molecule has 1 aromatic rings. The van der Waals surface area contributed by atoms with Crippen molar-refractivity contribution in [2.24, 2.45) is 5.92 Å². The van der Waals surface area contributed by atoms with Crippen molar-refractivity contribution in [3.63, 3.8) is 0 Å². The second-order valence-electron chi connectivity index (χ2n) is 3.49. The van der Waals surface area contributed by atoms with Gasteiger partial charge in [-0.05, 0) is 12.3 Å². The number of hydrogen-bond acceptors (Lipinski definition) is 2. The standard InChI is InChI=1S/C9H14N2O2/c1-7(2)5-8(9(12)13)11-4-3-10-6-11/h3-4,6-8H,5H2,1-2H3,(H,12,13)/t8-/m1/s1. The topological polar surface area (TPSA) is 55.1 Å². The Bertz CT molecular complexity index is 267. The molecule has 0 aromatic carbocycles. The van der Waals surface area contributed by atoms with Gasteiger partial charge in [-0.3, -0.25) is 0 Å². The van der Waals surface area contributed by atoms with Gasteiger partial charge in [0, 0.05) is 12.4 Å². The molecule has 13 heavy (non-hydrogen) atoms. The highest BCUT2D eigenvalue weighted by molar-refractivity contribution is 5.71. The van der Waals surface area contributed by atoms with Crippen LogP contribution in [0.15, 0.2) is 18.7 Å². The van der Waals surface area contributed by atoms with Crippen LogP contribution in [0.1, 0.15) is 26.3 Å². The molecule has 0 saturated carbocycles. The van der Waals surface area contributed by atoms with Crippen LogP contribution in [0.3, 0.4) is 0 Å². The van der Waals surface area contributed by atoms with Gasteiger partial charge in [-0.15, -0.1) is 0 Å². The van der Waals surface area contributed by atoms with Crippen molar-refractivity contribution in [1.82, 2.24) is 9.55 Å². The average Bonchev–Trinajstić information content (AvgIpc) is 2.50. The Hall–Kier alpha value is -1.32. The summed E-state index contributed by atoms with van der Waals surface area (Å²) in [6.45, 7) is 4.01. The van der Waals surface area contributed by atoms with E-state index in [1.807, 2.05) is 13.8 Å². The van der Waals surface area contributed by atoms with Crippen LogP contribution in [0.25, 0.3) is 0 Å². The van der Waals surface area contributed by atoms with E-state index in [1.54, 1.807) is 23.3 Å². The van der Waals surface area contributed by atoms with E-state index < -0.39 is 12.0 Å². The summed E-state index contributed by atoms with van der Waals surface area (Å²) in [6.07, 6.45) is 5.45. The molecule has 0 saturated heterocycles.